The second-order valence-electron chi connectivity index (χ2n) is 5.84. The summed E-state index contributed by atoms with van der Waals surface area (Å²) in [5.74, 6) is -0.589. The average Bonchev–Trinajstić information content (AvgIpc) is 2.95. The van der Waals surface area contributed by atoms with E-state index in [1.54, 1.807) is 6.08 Å². The van der Waals surface area contributed by atoms with E-state index in [0.717, 1.165) is 0 Å². The maximum absolute atomic E-state index is 12.6. The second-order valence-corrected chi connectivity index (χ2v) is 5.84. The van der Waals surface area contributed by atoms with Crippen LogP contribution < -0.4 is 5.32 Å². The van der Waals surface area contributed by atoms with E-state index in [-0.39, 0.29) is 17.4 Å². The molecular weight excluding hydrogens is 254 g/mol. The van der Waals surface area contributed by atoms with Gasteiger partial charge in [0, 0.05) is 11.3 Å². The minimum absolute atomic E-state index is 0.191. The van der Waals surface area contributed by atoms with E-state index < -0.39 is 11.4 Å². The number of amides is 1. The van der Waals surface area contributed by atoms with E-state index in [1.165, 1.54) is 0 Å². The first kappa shape index (κ1) is 12.9. The number of hydrogen-bond donors (Lipinski definition) is 2. The zero-order valence-electron chi connectivity index (χ0n) is 11.3. The minimum atomic E-state index is -0.970. The topological polar surface area (TPSA) is 66.4 Å². The Labute approximate surface area is 117 Å². The lowest BCUT2D eigenvalue weighted by Gasteiger charge is -2.28. The molecule has 0 spiro atoms. The number of carbonyl (C=O) groups is 2. The molecule has 1 amide bonds. The first-order valence-corrected chi connectivity index (χ1v) is 6.85. The maximum Gasteiger partial charge on any atom is 0.332 e. The van der Waals surface area contributed by atoms with Crippen LogP contribution in [0.25, 0.3) is 0 Å². The molecule has 0 radical (unpaired) electrons. The van der Waals surface area contributed by atoms with Crippen LogP contribution in [-0.2, 0) is 9.59 Å². The molecule has 1 saturated carbocycles. The summed E-state index contributed by atoms with van der Waals surface area (Å²) in [6.07, 6.45) is 3.02. The highest BCUT2D eigenvalue weighted by Gasteiger charge is 2.57. The molecule has 1 aromatic carbocycles. The number of carboxylic acids is 1. The molecule has 104 valence electrons. The zero-order valence-corrected chi connectivity index (χ0v) is 11.3. The SMILES string of the molecule is CC1CC2(C(=O)Nc3ccccc3)CC1C=C2C(=O)O. The Morgan fingerprint density at radius 2 is 1.95 bits per heavy atom. The van der Waals surface area contributed by atoms with Gasteiger partial charge in [-0.2, -0.15) is 0 Å². The standard InChI is InChI=1S/C16H17NO3/c1-10-8-16(9-11(10)7-13(16)14(18)19)15(20)17-12-5-3-2-4-6-12/h2-7,10-11H,8-9H2,1H3,(H,17,20)(H,18,19). The smallest absolute Gasteiger partial charge is 0.332 e. The van der Waals surface area contributed by atoms with Gasteiger partial charge < -0.3 is 10.4 Å². The van der Waals surface area contributed by atoms with E-state index in [2.05, 4.69) is 12.2 Å². The molecule has 3 unspecified atom stereocenters. The summed E-state index contributed by atoms with van der Waals surface area (Å²) in [7, 11) is 0. The van der Waals surface area contributed by atoms with Gasteiger partial charge in [-0.1, -0.05) is 31.2 Å². The van der Waals surface area contributed by atoms with E-state index in [0.29, 0.717) is 24.4 Å². The summed E-state index contributed by atoms with van der Waals surface area (Å²) in [6, 6.07) is 9.18. The minimum Gasteiger partial charge on any atom is -0.478 e. The molecule has 3 rings (SSSR count). The maximum atomic E-state index is 12.6. The molecule has 20 heavy (non-hydrogen) atoms. The number of carboxylic acid groups (broad SMARTS) is 1. The van der Waals surface area contributed by atoms with Crippen molar-refractivity contribution in [2.75, 3.05) is 5.32 Å². The van der Waals surface area contributed by atoms with Gasteiger partial charge in [0.1, 0.15) is 0 Å². The Morgan fingerprint density at radius 3 is 2.55 bits per heavy atom. The molecule has 3 atom stereocenters. The molecule has 1 fully saturated rings. The predicted octanol–water partition coefficient (Wildman–Crippen LogP) is 2.68. The Hall–Kier alpha value is -2.10. The van der Waals surface area contributed by atoms with Gasteiger partial charge in [-0.25, -0.2) is 4.79 Å². The summed E-state index contributed by atoms with van der Waals surface area (Å²) < 4.78 is 0. The van der Waals surface area contributed by atoms with Crippen LogP contribution in [-0.4, -0.2) is 17.0 Å². The molecule has 2 aliphatic carbocycles. The normalized spacial score (nSPS) is 30.9. The Morgan fingerprint density at radius 1 is 1.25 bits per heavy atom. The van der Waals surface area contributed by atoms with Crippen molar-refractivity contribution in [3.63, 3.8) is 0 Å². The molecule has 4 heteroatoms. The van der Waals surface area contributed by atoms with Gasteiger partial charge in [0.05, 0.1) is 5.41 Å². The van der Waals surface area contributed by atoms with Crippen LogP contribution in [0, 0.1) is 17.3 Å². The molecule has 0 aromatic heterocycles. The van der Waals surface area contributed by atoms with Crippen LogP contribution >= 0.6 is 0 Å². The number of rotatable bonds is 3. The first-order valence-electron chi connectivity index (χ1n) is 6.85. The fourth-order valence-corrected chi connectivity index (χ4v) is 3.56. The van der Waals surface area contributed by atoms with Crippen molar-refractivity contribution in [1.29, 1.82) is 0 Å². The van der Waals surface area contributed by atoms with Crippen LogP contribution in [0.4, 0.5) is 5.69 Å². The van der Waals surface area contributed by atoms with Gasteiger partial charge >= 0.3 is 5.97 Å². The highest BCUT2D eigenvalue weighted by molar-refractivity contribution is 6.05. The number of benzene rings is 1. The number of aliphatic carboxylic acids is 1. The number of hydrogen-bond acceptors (Lipinski definition) is 2. The first-order chi connectivity index (χ1) is 9.53. The Kier molecular flexibility index (Phi) is 2.89. The van der Waals surface area contributed by atoms with Crippen molar-refractivity contribution in [3.8, 4) is 0 Å². The molecular formula is C16H17NO3. The summed E-state index contributed by atoms with van der Waals surface area (Å²) in [5.41, 5.74) is 0.125. The van der Waals surface area contributed by atoms with Crippen LogP contribution in [0.3, 0.4) is 0 Å². The third kappa shape index (κ3) is 1.83. The number of allylic oxidation sites excluding steroid dienone is 1. The van der Waals surface area contributed by atoms with E-state index >= 15 is 0 Å². The summed E-state index contributed by atoms with van der Waals surface area (Å²) in [5, 5.41) is 12.2. The van der Waals surface area contributed by atoms with Crippen molar-refractivity contribution in [3.05, 3.63) is 42.0 Å². The number of fused-ring (bicyclic) bond motifs is 2. The van der Waals surface area contributed by atoms with Crippen molar-refractivity contribution in [2.45, 2.75) is 19.8 Å². The van der Waals surface area contributed by atoms with Gasteiger partial charge in [0.25, 0.3) is 0 Å². The molecule has 1 aromatic rings. The number of carbonyl (C=O) groups excluding carboxylic acids is 1. The van der Waals surface area contributed by atoms with Crippen LogP contribution in [0.15, 0.2) is 42.0 Å². The van der Waals surface area contributed by atoms with Crippen LogP contribution in [0.2, 0.25) is 0 Å². The third-order valence-corrected chi connectivity index (χ3v) is 4.58. The van der Waals surface area contributed by atoms with Gasteiger partial charge in [-0.05, 0) is 36.8 Å². The number of nitrogens with one attached hydrogen (secondary N) is 1. The van der Waals surface area contributed by atoms with Crippen molar-refractivity contribution in [1.82, 2.24) is 0 Å². The monoisotopic (exact) mass is 271 g/mol. The third-order valence-electron chi connectivity index (χ3n) is 4.58. The van der Waals surface area contributed by atoms with Crippen LogP contribution in [0.5, 0.6) is 0 Å². The Balaban J connectivity index is 1.90. The summed E-state index contributed by atoms with van der Waals surface area (Å²) in [6.45, 7) is 2.08. The lowest BCUT2D eigenvalue weighted by molar-refractivity contribution is -0.136. The summed E-state index contributed by atoms with van der Waals surface area (Å²) >= 11 is 0. The predicted molar refractivity (Wildman–Crippen MR) is 75.1 cm³/mol. The average molecular weight is 271 g/mol. The lowest BCUT2D eigenvalue weighted by atomic mass is 9.77. The van der Waals surface area contributed by atoms with Crippen molar-refractivity contribution < 1.29 is 14.7 Å². The summed E-state index contributed by atoms with van der Waals surface area (Å²) in [4.78, 5) is 24.1. The molecule has 2 aliphatic rings. The van der Waals surface area contributed by atoms with Crippen molar-refractivity contribution in [2.24, 2.45) is 17.3 Å². The van der Waals surface area contributed by atoms with Gasteiger partial charge in [-0.15, -0.1) is 0 Å². The van der Waals surface area contributed by atoms with Crippen LogP contribution in [0.1, 0.15) is 19.8 Å². The van der Waals surface area contributed by atoms with Gasteiger partial charge in [0.2, 0.25) is 5.91 Å². The quantitative estimate of drug-likeness (QED) is 0.888. The zero-order chi connectivity index (χ0) is 14.3. The highest BCUT2D eigenvalue weighted by atomic mass is 16.4. The lowest BCUT2D eigenvalue weighted by Crippen LogP contribution is -2.37. The molecule has 0 heterocycles. The number of para-hydroxylation sites is 1. The number of anilines is 1. The fourth-order valence-electron chi connectivity index (χ4n) is 3.56. The molecule has 4 nitrogen and oxygen atoms in total. The van der Waals surface area contributed by atoms with Gasteiger partial charge in [-0.3, -0.25) is 4.79 Å². The van der Waals surface area contributed by atoms with E-state index in [1.807, 2.05) is 30.3 Å². The second kappa shape index (κ2) is 4.47. The van der Waals surface area contributed by atoms with Crippen molar-refractivity contribution >= 4 is 17.6 Å². The molecule has 0 aliphatic heterocycles. The molecule has 0 saturated heterocycles. The highest BCUT2D eigenvalue weighted by Crippen LogP contribution is 2.57. The largest absolute Gasteiger partial charge is 0.478 e. The van der Waals surface area contributed by atoms with E-state index in [9.17, 15) is 14.7 Å². The molecule has 2 bridgehead atoms. The molecule has 2 N–H and O–H groups in total. The Bertz CT molecular complexity index is 593. The fraction of sp³-hybridized carbons (Fsp3) is 0.375. The van der Waals surface area contributed by atoms with Gasteiger partial charge in [0.15, 0.2) is 0 Å². The van der Waals surface area contributed by atoms with E-state index in [4.69, 9.17) is 0 Å².